The van der Waals surface area contributed by atoms with Gasteiger partial charge in [0, 0.05) is 6.54 Å². The Balaban J connectivity index is 1.69. The lowest BCUT2D eigenvalue weighted by Crippen LogP contribution is -2.31. The summed E-state index contributed by atoms with van der Waals surface area (Å²) in [5.74, 6) is 2.15. The molecule has 0 radical (unpaired) electrons. The van der Waals surface area contributed by atoms with Crippen molar-refractivity contribution in [3.8, 4) is 0 Å². The monoisotopic (exact) mass is 283 g/mol. The Hall–Kier alpha value is -0.130. The molecule has 3 atom stereocenters. The first-order chi connectivity index (χ1) is 8.88. The van der Waals surface area contributed by atoms with Crippen LogP contribution in [0.15, 0.2) is 5.03 Å². The standard InChI is InChI=1S/C13H21N3S2/c1-2-3-8-17-13-12(14-18-15-13)11-5-4-10-6-7-16(11)9-10/h10-11H,2-9H2,1H3. The van der Waals surface area contributed by atoms with Crippen LogP contribution in [0.5, 0.6) is 0 Å². The molecule has 2 aliphatic heterocycles. The van der Waals surface area contributed by atoms with Gasteiger partial charge in [-0.25, -0.2) is 0 Å². The summed E-state index contributed by atoms with van der Waals surface area (Å²) in [6.07, 6.45) is 6.61. The van der Waals surface area contributed by atoms with Gasteiger partial charge >= 0.3 is 0 Å². The van der Waals surface area contributed by atoms with Gasteiger partial charge in [0.2, 0.25) is 0 Å². The van der Waals surface area contributed by atoms with Crippen molar-refractivity contribution in [1.29, 1.82) is 0 Å². The minimum Gasteiger partial charge on any atom is -0.294 e. The van der Waals surface area contributed by atoms with Gasteiger partial charge in [0.05, 0.1) is 17.8 Å². The van der Waals surface area contributed by atoms with Crippen LogP contribution in [0.1, 0.15) is 50.8 Å². The number of aromatic nitrogens is 2. The summed E-state index contributed by atoms with van der Waals surface area (Å²) in [7, 11) is 0. The SMILES string of the molecule is CCCCSc1nsnc1C1CCC2CCN1C2. The first-order valence-corrected chi connectivity index (χ1v) is 8.79. The molecule has 0 aliphatic carbocycles. The van der Waals surface area contributed by atoms with Crippen molar-refractivity contribution in [2.45, 2.75) is 50.1 Å². The van der Waals surface area contributed by atoms with Crippen LogP contribution in [0.4, 0.5) is 0 Å². The maximum absolute atomic E-state index is 4.60. The predicted molar refractivity (Wildman–Crippen MR) is 77.2 cm³/mol. The van der Waals surface area contributed by atoms with E-state index in [2.05, 4.69) is 20.6 Å². The molecular weight excluding hydrogens is 262 g/mol. The zero-order valence-corrected chi connectivity index (χ0v) is 12.6. The Bertz CT molecular complexity index is 393. The van der Waals surface area contributed by atoms with Gasteiger partial charge in [-0.3, -0.25) is 4.90 Å². The first kappa shape index (κ1) is 12.9. The minimum atomic E-state index is 0.562. The molecule has 3 nitrogen and oxygen atoms in total. The van der Waals surface area contributed by atoms with Gasteiger partial charge in [-0.05, 0) is 43.9 Å². The molecule has 5 heteroatoms. The molecule has 18 heavy (non-hydrogen) atoms. The lowest BCUT2D eigenvalue weighted by atomic mass is 9.95. The van der Waals surface area contributed by atoms with Gasteiger partial charge in [0.15, 0.2) is 0 Å². The van der Waals surface area contributed by atoms with Crippen LogP contribution in [0.2, 0.25) is 0 Å². The molecule has 0 amide bonds. The van der Waals surface area contributed by atoms with Crippen molar-refractivity contribution in [1.82, 2.24) is 13.6 Å². The third kappa shape index (κ3) is 2.58. The molecule has 2 aliphatic rings. The van der Waals surface area contributed by atoms with E-state index in [1.54, 1.807) is 0 Å². The summed E-state index contributed by atoms with van der Waals surface area (Å²) in [6, 6.07) is 0.562. The van der Waals surface area contributed by atoms with Crippen LogP contribution >= 0.6 is 23.5 Å². The third-order valence-corrected chi connectivity index (χ3v) is 5.87. The topological polar surface area (TPSA) is 29.0 Å². The molecule has 0 aromatic carbocycles. The molecule has 3 heterocycles. The van der Waals surface area contributed by atoms with E-state index in [-0.39, 0.29) is 0 Å². The Labute approximate surface area is 118 Å². The average molecular weight is 283 g/mol. The number of fused-ring (bicyclic) bond motifs is 2. The highest BCUT2D eigenvalue weighted by molar-refractivity contribution is 7.99. The molecule has 2 saturated heterocycles. The van der Waals surface area contributed by atoms with E-state index in [0.29, 0.717) is 6.04 Å². The average Bonchev–Trinajstić information content (AvgIpc) is 2.99. The summed E-state index contributed by atoms with van der Waals surface area (Å²) in [5.41, 5.74) is 1.28. The molecule has 1 aromatic rings. The molecule has 2 fully saturated rings. The number of thioether (sulfide) groups is 1. The fourth-order valence-electron chi connectivity index (χ4n) is 3.07. The lowest BCUT2D eigenvalue weighted by molar-refractivity contribution is 0.177. The molecule has 3 unspecified atom stereocenters. The van der Waals surface area contributed by atoms with Crippen molar-refractivity contribution in [3.05, 3.63) is 5.69 Å². The van der Waals surface area contributed by atoms with E-state index in [4.69, 9.17) is 0 Å². The van der Waals surface area contributed by atoms with Crippen LogP contribution in [-0.2, 0) is 0 Å². The summed E-state index contributed by atoms with van der Waals surface area (Å²) in [5, 5.41) is 1.21. The highest BCUT2D eigenvalue weighted by Gasteiger charge is 2.36. The van der Waals surface area contributed by atoms with Crippen LogP contribution < -0.4 is 0 Å². The summed E-state index contributed by atoms with van der Waals surface area (Å²) >= 11 is 3.30. The second-order valence-corrected chi connectivity index (χ2v) is 7.01. The normalized spacial score (nSPS) is 30.8. The van der Waals surface area contributed by atoms with Crippen molar-refractivity contribution in [2.24, 2.45) is 5.92 Å². The molecule has 0 spiro atoms. The zero-order chi connectivity index (χ0) is 12.4. The predicted octanol–water partition coefficient (Wildman–Crippen LogP) is 3.59. The number of hydrogen-bond donors (Lipinski definition) is 0. The van der Waals surface area contributed by atoms with E-state index in [1.807, 2.05) is 11.8 Å². The molecule has 0 N–H and O–H groups in total. The van der Waals surface area contributed by atoms with E-state index in [1.165, 1.54) is 73.4 Å². The second-order valence-electron chi connectivity index (χ2n) is 5.40. The van der Waals surface area contributed by atoms with Gasteiger partial charge in [-0.2, -0.15) is 8.75 Å². The summed E-state index contributed by atoms with van der Waals surface area (Å²) < 4.78 is 9.12. The van der Waals surface area contributed by atoms with Crippen molar-refractivity contribution >= 4 is 23.5 Å². The Morgan fingerprint density at radius 3 is 3.17 bits per heavy atom. The van der Waals surface area contributed by atoms with Crippen LogP contribution in [0.3, 0.4) is 0 Å². The van der Waals surface area contributed by atoms with E-state index < -0.39 is 0 Å². The van der Waals surface area contributed by atoms with Gasteiger partial charge in [0.1, 0.15) is 10.7 Å². The highest BCUT2D eigenvalue weighted by Crippen LogP contribution is 2.41. The highest BCUT2D eigenvalue weighted by atomic mass is 32.2. The summed E-state index contributed by atoms with van der Waals surface area (Å²) in [4.78, 5) is 2.63. The Morgan fingerprint density at radius 2 is 2.28 bits per heavy atom. The van der Waals surface area contributed by atoms with Crippen molar-refractivity contribution < 1.29 is 0 Å². The van der Waals surface area contributed by atoms with Crippen molar-refractivity contribution in [3.63, 3.8) is 0 Å². The van der Waals surface area contributed by atoms with Gasteiger partial charge < -0.3 is 0 Å². The fraction of sp³-hybridized carbons (Fsp3) is 0.846. The molecule has 1 aromatic heterocycles. The van der Waals surface area contributed by atoms with Crippen LogP contribution in [0.25, 0.3) is 0 Å². The molecular formula is C13H21N3S2. The number of unbranched alkanes of at least 4 members (excludes halogenated alkanes) is 1. The Kier molecular flexibility index (Phi) is 4.21. The minimum absolute atomic E-state index is 0.562. The number of nitrogens with zero attached hydrogens (tertiary/aromatic N) is 3. The lowest BCUT2D eigenvalue weighted by Gasteiger charge is -2.31. The largest absolute Gasteiger partial charge is 0.294 e. The molecule has 100 valence electrons. The second kappa shape index (κ2) is 5.88. The van der Waals surface area contributed by atoms with Crippen LogP contribution in [-0.4, -0.2) is 32.5 Å². The zero-order valence-electron chi connectivity index (χ0n) is 11.0. The van der Waals surface area contributed by atoms with E-state index in [0.717, 1.165) is 5.92 Å². The molecule has 3 rings (SSSR count). The van der Waals surface area contributed by atoms with Gasteiger partial charge in [-0.1, -0.05) is 13.3 Å². The molecule has 2 bridgehead atoms. The van der Waals surface area contributed by atoms with E-state index >= 15 is 0 Å². The van der Waals surface area contributed by atoms with E-state index in [9.17, 15) is 0 Å². The summed E-state index contributed by atoms with van der Waals surface area (Å²) in [6.45, 7) is 4.81. The smallest absolute Gasteiger partial charge is 0.135 e. The number of hydrogen-bond acceptors (Lipinski definition) is 5. The fourth-order valence-corrected chi connectivity index (χ4v) is 4.90. The third-order valence-electron chi connectivity index (χ3n) is 4.14. The quantitative estimate of drug-likeness (QED) is 0.610. The number of rotatable bonds is 5. The first-order valence-electron chi connectivity index (χ1n) is 7.07. The van der Waals surface area contributed by atoms with Crippen molar-refractivity contribution in [2.75, 3.05) is 18.8 Å². The van der Waals surface area contributed by atoms with Gasteiger partial charge in [-0.15, -0.1) is 11.8 Å². The van der Waals surface area contributed by atoms with Crippen LogP contribution in [0, 0.1) is 5.92 Å². The number of piperidine rings is 1. The maximum Gasteiger partial charge on any atom is 0.135 e. The molecule has 0 saturated carbocycles. The van der Waals surface area contributed by atoms with Gasteiger partial charge in [0.25, 0.3) is 0 Å². The Morgan fingerprint density at radius 1 is 1.33 bits per heavy atom. The maximum atomic E-state index is 4.60.